The summed E-state index contributed by atoms with van der Waals surface area (Å²) in [4.78, 5) is 31.6. The second kappa shape index (κ2) is 10.8. The molecular formula is C28H37N5O2. The zero-order valence-corrected chi connectivity index (χ0v) is 20.7. The highest BCUT2D eigenvalue weighted by Gasteiger charge is 2.40. The number of carbonyl (C=O) groups excluding carboxylic acids is 2. The number of para-hydroxylation sites is 1. The second-order valence-electron chi connectivity index (χ2n) is 10.3. The molecule has 7 nitrogen and oxygen atoms in total. The average Bonchev–Trinajstić information content (AvgIpc) is 2.89. The van der Waals surface area contributed by atoms with E-state index in [2.05, 4.69) is 55.7 Å². The van der Waals surface area contributed by atoms with Crippen molar-refractivity contribution in [2.75, 3.05) is 62.6 Å². The van der Waals surface area contributed by atoms with Gasteiger partial charge >= 0.3 is 6.03 Å². The van der Waals surface area contributed by atoms with Crippen LogP contribution in [0.2, 0.25) is 0 Å². The van der Waals surface area contributed by atoms with Crippen molar-refractivity contribution in [2.24, 2.45) is 11.8 Å². The number of hydrogen-bond donors (Lipinski definition) is 2. The minimum atomic E-state index is -0.184. The molecule has 4 aliphatic rings. The summed E-state index contributed by atoms with van der Waals surface area (Å²) in [6, 6.07) is 18.0. The number of nitrogens with zero attached hydrogens (tertiary/aromatic N) is 3. The van der Waals surface area contributed by atoms with Crippen LogP contribution in [0, 0.1) is 11.8 Å². The largest absolute Gasteiger partial charge is 0.369 e. The first-order chi connectivity index (χ1) is 17.0. The minimum absolute atomic E-state index is 0.0233. The Morgan fingerprint density at radius 1 is 0.943 bits per heavy atom. The van der Waals surface area contributed by atoms with Crippen molar-refractivity contribution in [3.05, 3.63) is 60.2 Å². The summed E-state index contributed by atoms with van der Waals surface area (Å²) in [7, 11) is 0. The number of piperidine rings is 3. The summed E-state index contributed by atoms with van der Waals surface area (Å²) < 4.78 is 0. The van der Waals surface area contributed by atoms with E-state index in [4.69, 9.17) is 0 Å². The highest BCUT2D eigenvalue weighted by Crippen LogP contribution is 2.36. The van der Waals surface area contributed by atoms with Gasteiger partial charge in [0.15, 0.2) is 5.78 Å². The zero-order valence-electron chi connectivity index (χ0n) is 20.7. The van der Waals surface area contributed by atoms with E-state index < -0.39 is 0 Å². The van der Waals surface area contributed by atoms with Crippen LogP contribution in [0.3, 0.4) is 0 Å². The molecule has 4 unspecified atom stereocenters. The van der Waals surface area contributed by atoms with E-state index in [9.17, 15) is 9.59 Å². The fourth-order valence-electron chi connectivity index (χ4n) is 6.00. The third-order valence-corrected chi connectivity index (χ3v) is 8.05. The summed E-state index contributed by atoms with van der Waals surface area (Å²) in [5.74, 6) is 1.51. The maximum Gasteiger partial charge on any atom is 0.319 e. The molecule has 4 atom stereocenters. The van der Waals surface area contributed by atoms with Gasteiger partial charge in [0.2, 0.25) is 0 Å². The molecule has 0 radical (unpaired) electrons. The zero-order chi connectivity index (χ0) is 24.2. The first-order valence-corrected chi connectivity index (χ1v) is 13.0. The molecule has 35 heavy (non-hydrogen) atoms. The van der Waals surface area contributed by atoms with E-state index in [-0.39, 0.29) is 11.8 Å². The van der Waals surface area contributed by atoms with E-state index in [1.807, 2.05) is 0 Å². The molecule has 186 valence electrons. The Labute approximate surface area is 208 Å². The van der Waals surface area contributed by atoms with Crippen molar-refractivity contribution in [2.45, 2.75) is 25.8 Å². The number of anilines is 2. The van der Waals surface area contributed by atoms with Crippen LogP contribution in [0.5, 0.6) is 0 Å². The van der Waals surface area contributed by atoms with Crippen LogP contribution in [-0.2, 0) is 0 Å². The third kappa shape index (κ3) is 5.85. The van der Waals surface area contributed by atoms with Gasteiger partial charge in [-0.3, -0.25) is 14.6 Å². The quantitative estimate of drug-likeness (QED) is 0.600. The molecule has 2 amide bonds. The Hall–Kier alpha value is -2.90. The van der Waals surface area contributed by atoms with Gasteiger partial charge < -0.3 is 15.5 Å². The van der Waals surface area contributed by atoms with Gasteiger partial charge in [-0.1, -0.05) is 18.2 Å². The Morgan fingerprint density at radius 3 is 2.34 bits per heavy atom. The molecule has 4 saturated heterocycles. The molecule has 4 aliphatic heterocycles. The number of fused-ring (bicyclic) bond motifs is 3. The Bertz CT molecular complexity index is 1000. The summed E-state index contributed by atoms with van der Waals surface area (Å²) in [6.45, 7) is 10.2. The number of piperazine rings is 1. The van der Waals surface area contributed by atoms with Crippen LogP contribution in [0.25, 0.3) is 0 Å². The number of hydrogen-bond acceptors (Lipinski definition) is 5. The molecule has 0 aromatic heterocycles. The van der Waals surface area contributed by atoms with Gasteiger partial charge in [-0.25, -0.2) is 4.79 Å². The predicted octanol–water partition coefficient (Wildman–Crippen LogP) is 3.54. The van der Waals surface area contributed by atoms with E-state index in [1.165, 1.54) is 25.1 Å². The van der Waals surface area contributed by atoms with Crippen LogP contribution in [-0.4, -0.2) is 80.0 Å². The van der Waals surface area contributed by atoms with Crippen LogP contribution in [0.4, 0.5) is 16.2 Å². The van der Waals surface area contributed by atoms with Crippen molar-refractivity contribution < 1.29 is 9.59 Å². The van der Waals surface area contributed by atoms with Crippen molar-refractivity contribution in [3.63, 3.8) is 0 Å². The molecule has 2 aromatic rings. The lowest BCUT2D eigenvalue weighted by Crippen LogP contribution is -2.59. The third-order valence-electron chi connectivity index (χ3n) is 8.05. The highest BCUT2D eigenvalue weighted by atomic mass is 16.2. The van der Waals surface area contributed by atoms with E-state index in [1.54, 1.807) is 31.2 Å². The second-order valence-corrected chi connectivity index (χ2v) is 10.3. The van der Waals surface area contributed by atoms with Crippen LogP contribution >= 0.6 is 0 Å². The molecule has 2 aromatic carbocycles. The Balaban J connectivity index is 1.05. The minimum Gasteiger partial charge on any atom is -0.369 e. The molecule has 0 spiro atoms. The standard InChI is InChI=1S/C28H37N5O2/c1-21(34)22-7-9-25(10-8-22)30-28(35)29-18-27-17-23-11-12-33(27)20-24(23)19-31-13-15-32(16-14-31)26-5-3-2-4-6-26/h2-10,23-24,27H,11-20H2,1H3,(H2,29,30,35). The fraction of sp³-hybridized carbons (Fsp3) is 0.500. The molecule has 0 aliphatic carbocycles. The highest BCUT2D eigenvalue weighted by molar-refractivity contribution is 5.95. The van der Waals surface area contributed by atoms with Crippen molar-refractivity contribution >= 4 is 23.2 Å². The van der Waals surface area contributed by atoms with Gasteiger partial charge in [0.1, 0.15) is 0 Å². The van der Waals surface area contributed by atoms with Crippen LogP contribution in [0.15, 0.2) is 54.6 Å². The smallest absolute Gasteiger partial charge is 0.319 e. The normalized spacial score (nSPS) is 26.4. The number of carbonyl (C=O) groups is 2. The molecular weight excluding hydrogens is 438 g/mol. The van der Waals surface area contributed by atoms with Gasteiger partial charge in [0.25, 0.3) is 0 Å². The van der Waals surface area contributed by atoms with Gasteiger partial charge in [0, 0.05) is 68.8 Å². The number of amides is 2. The number of Topliss-reactive ketones (excluding diaryl/α,β-unsaturated/α-hetero) is 1. The van der Waals surface area contributed by atoms with E-state index in [0.29, 0.717) is 23.8 Å². The molecule has 4 fully saturated rings. The summed E-state index contributed by atoms with van der Waals surface area (Å²) in [5.41, 5.74) is 2.68. The lowest BCUT2D eigenvalue weighted by Gasteiger charge is -2.51. The molecule has 7 heteroatoms. The molecule has 2 N–H and O–H groups in total. The summed E-state index contributed by atoms with van der Waals surface area (Å²) in [6.07, 6.45) is 2.45. The van der Waals surface area contributed by atoms with E-state index in [0.717, 1.165) is 51.1 Å². The van der Waals surface area contributed by atoms with Crippen molar-refractivity contribution in [3.8, 4) is 0 Å². The molecule has 4 heterocycles. The maximum absolute atomic E-state index is 12.4. The lowest BCUT2D eigenvalue weighted by molar-refractivity contribution is -0.0114. The van der Waals surface area contributed by atoms with Crippen molar-refractivity contribution in [1.29, 1.82) is 0 Å². The number of benzene rings is 2. The average molecular weight is 476 g/mol. The Morgan fingerprint density at radius 2 is 1.69 bits per heavy atom. The molecule has 6 rings (SSSR count). The number of ketones is 1. The first kappa shape index (κ1) is 23.8. The maximum atomic E-state index is 12.4. The Kier molecular flexibility index (Phi) is 7.35. The topological polar surface area (TPSA) is 67.9 Å². The van der Waals surface area contributed by atoms with E-state index >= 15 is 0 Å². The number of urea groups is 1. The van der Waals surface area contributed by atoms with Crippen LogP contribution in [0.1, 0.15) is 30.1 Å². The van der Waals surface area contributed by atoms with Gasteiger partial charge in [-0.2, -0.15) is 0 Å². The van der Waals surface area contributed by atoms with Gasteiger partial charge in [-0.15, -0.1) is 0 Å². The van der Waals surface area contributed by atoms with Gasteiger partial charge in [-0.05, 0) is 74.5 Å². The monoisotopic (exact) mass is 475 g/mol. The number of nitrogens with one attached hydrogen (secondary N) is 2. The first-order valence-electron chi connectivity index (χ1n) is 13.0. The lowest BCUT2D eigenvalue weighted by atomic mass is 9.75. The van der Waals surface area contributed by atoms with Gasteiger partial charge in [0.05, 0.1) is 0 Å². The number of rotatable bonds is 7. The fourth-order valence-corrected chi connectivity index (χ4v) is 6.00. The molecule has 2 bridgehead atoms. The van der Waals surface area contributed by atoms with Crippen molar-refractivity contribution in [1.82, 2.24) is 15.1 Å². The van der Waals surface area contributed by atoms with Crippen LogP contribution < -0.4 is 15.5 Å². The summed E-state index contributed by atoms with van der Waals surface area (Å²) in [5, 5.41) is 5.94. The SMILES string of the molecule is CC(=O)c1ccc(NC(=O)NCC2CC3CCN2CC3CN2CCN(c3ccccc3)CC2)cc1. The molecule has 0 saturated carbocycles. The summed E-state index contributed by atoms with van der Waals surface area (Å²) >= 11 is 0. The predicted molar refractivity (Wildman–Crippen MR) is 140 cm³/mol.